The first-order chi connectivity index (χ1) is 4.79. The molecule has 1 rings (SSSR count). The van der Waals surface area contributed by atoms with E-state index in [4.69, 9.17) is 10.5 Å². The topological polar surface area (TPSA) is 55.6 Å². The quantitative estimate of drug-likeness (QED) is 0.456. The Balaban J connectivity index is 1.80. The first-order valence-corrected chi connectivity index (χ1v) is 4.42. The standard InChI is InChI=1S/C6H11NO2S/c7-6(8)1-2-10-4-5-3-9-5/h5H,1-4H2,(H2,7,8). The van der Waals surface area contributed by atoms with Gasteiger partial charge in [0.05, 0.1) is 12.7 Å². The van der Waals surface area contributed by atoms with Crippen LogP contribution in [0.2, 0.25) is 0 Å². The van der Waals surface area contributed by atoms with Gasteiger partial charge in [-0.25, -0.2) is 0 Å². The molecule has 1 unspecified atom stereocenters. The minimum Gasteiger partial charge on any atom is -0.372 e. The van der Waals surface area contributed by atoms with Gasteiger partial charge in [0.1, 0.15) is 0 Å². The maximum atomic E-state index is 10.2. The third-order valence-electron chi connectivity index (χ3n) is 1.20. The highest BCUT2D eigenvalue weighted by atomic mass is 32.2. The molecular weight excluding hydrogens is 150 g/mol. The average Bonchev–Trinajstić information content (AvgIpc) is 2.62. The van der Waals surface area contributed by atoms with Gasteiger partial charge >= 0.3 is 0 Å². The van der Waals surface area contributed by atoms with E-state index in [-0.39, 0.29) is 5.91 Å². The van der Waals surface area contributed by atoms with Crippen LogP contribution in [0.5, 0.6) is 0 Å². The predicted molar refractivity (Wildman–Crippen MR) is 40.9 cm³/mol. The van der Waals surface area contributed by atoms with Gasteiger partial charge in [-0.05, 0) is 0 Å². The van der Waals surface area contributed by atoms with Crippen LogP contribution in [-0.4, -0.2) is 30.1 Å². The molecule has 0 aromatic carbocycles. The Bertz CT molecular complexity index is 125. The van der Waals surface area contributed by atoms with Crippen molar-refractivity contribution in [3.05, 3.63) is 0 Å². The molecule has 0 radical (unpaired) electrons. The monoisotopic (exact) mass is 161 g/mol. The van der Waals surface area contributed by atoms with Crippen molar-refractivity contribution in [1.29, 1.82) is 0 Å². The summed E-state index contributed by atoms with van der Waals surface area (Å²) < 4.78 is 4.98. The van der Waals surface area contributed by atoms with Gasteiger partial charge in [-0.2, -0.15) is 11.8 Å². The van der Waals surface area contributed by atoms with E-state index in [0.717, 1.165) is 18.1 Å². The van der Waals surface area contributed by atoms with Crippen molar-refractivity contribution >= 4 is 17.7 Å². The summed E-state index contributed by atoms with van der Waals surface area (Å²) in [4.78, 5) is 10.2. The summed E-state index contributed by atoms with van der Waals surface area (Å²) in [6.07, 6.45) is 0.940. The van der Waals surface area contributed by atoms with E-state index < -0.39 is 0 Å². The van der Waals surface area contributed by atoms with Gasteiger partial charge in [-0.1, -0.05) is 0 Å². The van der Waals surface area contributed by atoms with Crippen LogP contribution < -0.4 is 5.73 Å². The maximum Gasteiger partial charge on any atom is 0.218 e. The minimum atomic E-state index is -0.218. The molecule has 4 heteroatoms. The van der Waals surface area contributed by atoms with Crippen LogP contribution in [0.3, 0.4) is 0 Å². The van der Waals surface area contributed by atoms with Gasteiger partial charge in [0.25, 0.3) is 0 Å². The van der Waals surface area contributed by atoms with Crippen LogP contribution in [0, 0.1) is 0 Å². The molecule has 3 nitrogen and oxygen atoms in total. The van der Waals surface area contributed by atoms with E-state index in [1.807, 2.05) is 0 Å². The van der Waals surface area contributed by atoms with Gasteiger partial charge in [0, 0.05) is 17.9 Å². The molecular formula is C6H11NO2S. The van der Waals surface area contributed by atoms with E-state index in [9.17, 15) is 4.79 Å². The van der Waals surface area contributed by atoms with Gasteiger partial charge in [0.2, 0.25) is 5.91 Å². The second-order valence-corrected chi connectivity index (χ2v) is 3.40. The summed E-state index contributed by atoms with van der Waals surface area (Å²) in [6.45, 7) is 0.892. The van der Waals surface area contributed by atoms with Crippen LogP contribution in [0.4, 0.5) is 0 Å². The lowest BCUT2D eigenvalue weighted by Crippen LogP contribution is -2.11. The number of thioether (sulfide) groups is 1. The summed E-state index contributed by atoms with van der Waals surface area (Å²) in [5, 5.41) is 0. The van der Waals surface area contributed by atoms with Crippen LogP contribution >= 0.6 is 11.8 Å². The normalized spacial score (nSPS) is 22.6. The van der Waals surface area contributed by atoms with Crippen molar-refractivity contribution in [3.63, 3.8) is 0 Å². The smallest absolute Gasteiger partial charge is 0.218 e. The summed E-state index contributed by atoms with van der Waals surface area (Å²) >= 11 is 1.73. The predicted octanol–water partition coefficient (Wildman–Crippen LogP) is -0.00620. The Morgan fingerprint density at radius 1 is 1.80 bits per heavy atom. The van der Waals surface area contributed by atoms with Crippen LogP contribution in [-0.2, 0) is 9.53 Å². The number of nitrogens with two attached hydrogens (primary N) is 1. The fourth-order valence-electron chi connectivity index (χ4n) is 0.552. The number of carbonyl (C=O) groups excluding carboxylic acids is 1. The van der Waals surface area contributed by atoms with E-state index in [2.05, 4.69) is 0 Å². The van der Waals surface area contributed by atoms with Gasteiger partial charge in [0.15, 0.2) is 0 Å². The van der Waals surface area contributed by atoms with E-state index in [0.29, 0.717) is 12.5 Å². The number of hydrogen-bond acceptors (Lipinski definition) is 3. The summed E-state index contributed by atoms with van der Waals surface area (Å²) in [7, 11) is 0. The number of primary amides is 1. The van der Waals surface area contributed by atoms with Crippen molar-refractivity contribution < 1.29 is 9.53 Å². The number of rotatable bonds is 5. The highest BCUT2D eigenvalue weighted by molar-refractivity contribution is 7.99. The highest BCUT2D eigenvalue weighted by Gasteiger charge is 2.21. The summed E-state index contributed by atoms with van der Waals surface area (Å²) in [5.41, 5.74) is 4.94. The number of ether oxygens (including phenoxy) is 1. The Morgan fingerprint density at radius 3 is 3.00 bits per heavy atom. The molecule has 1 saturated heterocycles. The van der Waals surface area contributed by atoms with Crippen molar-refractivity contribution in [2.75, 3.05) is 18.1 Å². The Kier molecular flexibility index (Phi) is 3.02. The lowest BCUT2D eigenvalue weighted by atomic mass is 10.5. The fraction of sp³-hybridized carbons (Fsp3) is 0.833. The number of amides is 1. The van der Waals surface area contributed by atoms with Crippen LogP contribution in [0.1, 0.15) is 6.42 Å². The molecule has 0 aliphatic carbocycles. The van der Waals surface area contributed by atoms with Crippen molar-refractivity contribution in [2.24, 2.45) is 5.73 Å². The Labute approximate surface area is 64.3 Å². The molecule has 1 amide bonds. The molecule has 0 saturated carbocycles. The number of hydrogen-bond donors (Lipinski definition) is 1. The van der Waals surface area contributed by atoms with Crippen molar-refractivity contribution in [2.45, 2.75) is 12.5 Å². The molecule has 0 bridgehead atoms. The third-order valence-corrected chi connectivity index (χ3v) is 2.30. The molecule has 58 valence electrons. The van der Waals surface area contributed by atoms with E-state index in [1.54, 1.807) is 11.8 Å². The zero-order valence-electron chi connectivity index (χ0n) is 5.71. The Hall–Kier alpha value is -0.220. The van der Waals surface area contributed by atoms with Gasteiger partial charge < -0.3 is 10.5 Å². The molecule has 1 heterocycles. The molecule has 1 aliphatic rings. The first-order valence-electron chi connectivity index (χ1n) is 3.26. The van der Waals surface area contributed by atoms with Crippen LogP contribution in [0.25, 0.3) is 0 Å². The largest absolute Gasteiger partial charge is 0.372 e. The lowest BCUT2D eigenvalue weighted by molar-refractivity contribution is -0.117. The molecule has 0 spiro atoms. The first kappa shape index (κ1) is 7.88. The van der Waals surface area contributed by atoms with E-state index >= 15 is 0 Å². The van der Waals surface area contributed by atoms with Crippen molar-refractivity contribution in [3.8, 4) is 0 Å². The lowest BCUT2D eigenvalue weighted by Gasteiger charge is -1.94. The molecule has 2 N–H and O–H groups in total. The SMILES string of the molecule is NC(=O)CCSCC1CO1. The van der Waals surface area contributed by atoms with Gasteiger partial charge in [-0.3, -0.25) is 4.79 Å². The van der Waals surface area contributed by atoms with Crippen molar-refractivity contribution in [1.82, 2.24) is 0 Å². The average molecular weight is 161 g/mol. The van der Waals surface area contributed by atoms with Crippen LogP contribution in [0.15, 0.2) is 0 Å². The third kappa shape index (κ3) is 3.74. The minimum absolute atomic E-state index is 0.218. The summed E-state index contributed by atoms with van der Waals surface area (Å²) in [5.74, 6) is 1.62. The fourth-order valence-corrected chi connectivity index (χ4v) is 1.52. The summed E-state index contributed by atoms with van der Waals surface area (Å²) in [6, 6.07) is 0. The molecule has 1 fully saturated rings. The highest BCUT2D eigenvalue weighted by Crippen LogP contribution is 2.15. The van der Waals surface area contributed by atoms with E-state index in [1.165, 1.54) is 0 Å². The molecule has 0 aromatic rings. The Morgan fingerprint density at radius 2 is 2.50 bits per heavy atom. The number of epoxide rings is 1. The zero-order chi connectivity index (χ0) is 7.40. The second kappa shape index (κ2) is 3.83. The van der Waals surface area contributed by atoms with Gasteiger partial charge in [-0.15, -0.1) is 0 Å². The second-order valence-electron chi connectivity index (χ2n) is 2.25. The molecule has 0 aromatic heterocycles. The molecule has 1 aliphatic heterocycles. The maximum absolute atomic E-state index is 10.2. The molecule has 10 heavy (non-hydrogen) atoms. The molecule has 1 atom stereocenters. The zero-order valence-corrected chi connectivity index (χ0v) is 6.52. The number of carbonyl (C=O) groups is 1.